The SMILES string of the molecule is CC1(C)c2c(ccc3cc(-c4ccc5c(c4)nc(-c4ccccc4)n5-c4ccccc4)ccc23)-c2c1c1ccccc1c1ccccc21. The number of rotatable bonds is 3. The number of aromatic nitrogens is 2. The summed E-state index contributed by atoms with van der Waals surface area (Å²) in [6.07, 6.45) is 0. The Kier molecular flexibility index (Phi) is 5.66. The van der Waals surface area contributed by atoms with Gasteiger partial charge in [0.1, 0.15) is 5.82 Å². The molecule has 2 heteroatoms. The van der Waals surface area contributed by atoms with Crippen molar-refractivity contribution in [3.63, 3.8) is 0 Å². The lowest BCUT2D eigenvalue weighted by molar-refractivity contribution is 0.672. The fourth-order valence-electron chi connectivity index (χ4n) is 8.47. The molecule has 0 bridgehead atoms. The highest BCUT2D eigenvalue weighted by molar-refractivity contribution is 6.19. The van der Waals surface area contributed by atoms with Crippen molar-refractivity contribution < 1.29 is 0 Å². The quantitative estimate of drug-likeness (QED) is 0.182. The van der Waals surface area contributed by atoms with Crippen molar-refractivity contribution in [1.29, 1.82) is 0 Å². The molecule has 0 amide bonds. The summed E-state index contributed by atoms with van der Waals surface area (Å²) in [5.41, 5.74) is 12.1. The van der Waals surface area contributed by atoms with Crippen molar-refractivity contribution in [2.75, 3.05) is 0 Å². The Morgan fingerprint density at radius 2 is 1.10 bits per heavy atom. The van der Waals surface area contributed by atoms with Crippen molar-refractivity contribution in [1.82, 2.24) is 9.55 Å². The van der Waals surface area contributed by atoms with Gasteiger partial charge in [0, 0.05) is 16.7 Å². The van der Waals surface area contributed by atoms with Crippen LogP contribution in [0.3, 0.4) is 0 Å². The van der Waals surface area contributed by atoms with Gasteiger partial charge in [0.15, 0.2) is 0 Å². The van der Waals surface area contributed by atoms with Crippen LogP contribution in [-0.2, 0) is 5.41 Å². The second kappa shape index (κ2) is 10.0. The average Bonchev–Trinajstić information content (AvgIpc) is 3.64. The van der Waals surface area contributed by atoms with E-state index in [1.165, 1.54) is 65.7 Å². The van der Waals surface area contributed by atoms with Gasteiger partial charge in [-0.05, 0) is 96.0 Å². The maximum atomic E-state index is 5.21. The molecule has 0 aliphatic heterocycles. The van der Waals surface area contributed by atoms with Crippen molar-refractivity contribution in [3.05, 3.63) is 169 Å². The first-order valence-corrected chi connectivity index (χ1v) is 16.7. The monoisotopic (exact) mass is 612 g/mol. The summed E-state index contributed by atoms with van der Waals surface area (Å²) in [7, 11) is 0. The largest absolute Gasteiger partial charge is 0.292 e. The minimum Gasteiger partial charge on any atom is -0.292 e. The van der Waals surface area contributed by atoms with Crippen LogP contribution in [0.2, 0.25) is 0 Å². The predicted molar refractivity (Wildman–Crippen MR) is 202 cm³/mol. The van der Waals surface area contributed by atoms with Crippen LogP contribution in [0.25, 0.3) is 82.7 Å². The van der Waals surface area contributed by atoms with Gasteiger partial charge >= 0.3 is 0 Å². The van der Waals surface area contributed by atoms with Gasteiger partial charge < -0.3 is 0 Å². The van der Waals surface area contributed by atoms with E-state index in [0.717, 1.165) is 28.1 Å². The first-order chi connectivity index (χ1) is 23.6. The van der Waals surface area contributed by atoms with E-state index in [1.807, 2.05) is 0 Å². The third-order valence-corrected chi connectivity index (χ3v) is 10.5. The fourth-order valence-corrected chi connectivity index (χ4v) is 8.47. The molecule has 0 N–H and O–H groups in total. The van der Waals surface area contributed by atoms with Crippen LogP contribution >= 0.6 is 0 Å². The molecule has 0 fully saturated rings. The number of hydrogen-bond donors (Lipinski definition) is 0. The molecule has 0 radical (unpaired) electrons. The summed E-state index contributed by atoms with van der Waals surface area (Å²) >= 11 is 0. The van der Waals surface area contributed by atoms with Crippen molar-refractivity contribution in [2.45, 2.75) is 19.3 Å². The van der Waals surface area contributed by atoms with E-state index < -0.39 is 0 Å². The van der Waals surface area contributed by atoms with E-state index >= 15 is 0 Å². The van der Waals surface area contributed by atoms with Gasteiger partial charge in [-0.2, -0.15) is 0 Å². The van der Waals surface area contributed by atoms with Crippen molar-refractivity contribution >= 4 is 43.4 Å². The molecular weight excluding hydrogens is 581 g/mol. The highest BCUT2D eigenvalue weighted by Crippen LogP contribution is 2.56. The van der Waals surface area contributed by atoms with Gasteiger partial charge in [0.2, 0.25) is 0 Å². The Balaban J connectivity index is 1.15. The number of fused-ring (bicyclic) bond motifs is 11. The van der Waals surface area contributed by atoms with Gasteiger partial charge in [0.05, 0.1) is 11.0 Å². The molecule has 1 aliphatic carbocycles. The number of nitrogens with zero attached hydrogens (tertiary/aromatic N) is 2. The van der Waals surface area contributed by atoms with Gasteiger partial charge in [-0.3, -0.25) is 4.57 Å². The Hall–Kier alpha value is -5.99. The van der Waals surface area contributed by atoms with E-state index in [-0.39, 0.29) is 5.41 Å². The van der Waals surface area contributed by atoms with Gasteiger partial charge in [-0.15, -0.1) is 0 Å². The number of hydrogen-bond acceptors (Lipinski definition) is 1. The van der Waals surface area contributed by atoms with Crippen LogP contribution in [0.4, 0.5) is 0 Å². The molecule has 1 heterocycles. The minimum absolute atomic E-state index is 0.146. The normalized spacial score (nSPS) is 13.4. The van der Waals surface area contributed by atoms with Crippen LogP contribution < -0.4 is 0 Å². The molecule has 2 nitrogen and oxygen atoms in total. The summed E-state index contributed by atoms with van der Waals surface area (Å²) in [6, 6.07) is 57.3. The molecule has 8 aromatic carbocycles. The molecule has 1 aromatic heterocycles. The molecule has 9 aromatic rings. The van der Waals surface area contributed by atoms with Gasteiger partial charge in [0.25, 0.3) is 0 Å². The van der Waals surface area contributed by atoms with Gasteiger partial charge in [-0.25, -0.2) is 4.98 Å². The second-order valence-corrected chi connectivity index (χ2v) is 13.6. The Morgan fingerprint density at radius 1 is 0.479 bits per heavy atom. The summed E-state index contributed by atoms with van der Waals surface area (Å²) in [5, 5.41) is 7.95. The highest BCUT2D eigenvalue weighted by atomic mass is 15.1. The predicted octanol–water partition coefficient (Wildman–Crippen LogP) is 12.1. The Labute approximate surface area is 279 Å². The van der Waals surface area contributed by atoms with Crippen LogP contribution in [-0.4, -0.2) is 9.55 Å². The lowest BCUT2D eigenvalue weighted by Crippen LogP contribution is -2.16. The lowest BCUT2D eigenvalue weighted by Gasteiger charge is -2.25. The summed E-state index contributed by atoms with van der Waals surface area (Å²) in [6.45, 7) is 4.82. The third-order valence-electron chi connectivity index (χ3n) is 10.5. The molecule has 0 unspecified atom stereocenters. The molecular formula is C46H32N2. The summed E-state index contributed by atoms with van der Waals surface area (Å²) in [5.74, 6) is 0.949. The van der Waals surface area contributed by atoms with Crippen LogP contribution in [0, 0.1) is 0 Å². The topological polar surface area (TPSA) is 17.8 Å². The van der Waals surface area contributed by atoms with Crippen molar-refractivity contribution in [3.8, 4) is 39.3 Å². The molecule has 0 spiro atoms. The Morgan fingerprint density at radius 3 is 1.88 bits per heavy atom. The maximum absolute atomic E-state index is 5.21. The standard InChI is InChI=1S/C46H32N2/c1-46(2)43-34-24-21-30(27-32(34)22-25-39(43)42-37-19-11-9-17-35(37)36-18-10-12-20-38(36)44(42)46)31-23-26-41-40(28-31)47-45(29-13-5-3-6-14-29)48(41)33-15-7-4-8-16-33/h3-28H,1-2H3. The zero-order valence-corrected chi connectivity index (χ0v) is 26.9. The highest BCUT2D eigenvalue weighted by Gasteiger charge is 2.39. The van der Waals surface area contributed by atoms with E-state index in [1.54, 1.807) is 0 Å². The third kappa shape index (κ3) is 3.77. The van der Waals surface area contributed by atoms with Crippen LogP contribution in [0.5, 0.6) is 0 Å². The zero-order valence-electron chi connectivity index (χ0n) is 26.9. The first kappa shape index (κ1) is 27.2. The molecule has 226 valence electrons. The zero-order chi connectivity index (χ0) is 32.0. The maximum Gasteiger partial charge on any atom is 0.145 e. The van der Waals surface area contributed by atoms with Crippen molar-refractivity contribution in [2.24, 2.45) is 0 Å². The Bertz CT molecular complexity index is 2730. The lowest BCUT2D eigenvalue weighted by atomic mass is 9.77. The second-order valence-electron chi connectivity index (χ2n) is 13.6. The number of benzene rings is 8. The van der Waals surface area contributed by atoms with E-state index in [4.69, 9.17) is 4.98 Å². The number of imidazole rings is 1. The van der Waals surface area contributed by atoms with E-state index in [2.05, 4.69) is 176 Å². The molecule has 10 rings (SSSR count). The molecule has 48 heavy (non-hydrogen) atoms. The van der Waals surface area contributed by atoms with Crippen LogP contribution in [0.15, 0.2) is 158 Å². The smallest absolute Gasteiger partial charge is 0.145 e. The van der Waals surface area contributed by atoms with Gasteiger partial charge in [-0.1, -0.05) is 141 Å². The molecule has 1 aliphatic rings. The fraction of sp³-hybridized carbons (Fsp3) is 0.0652. The van der Waals surface area contributed by atoms with Crippen LogP contribution in [0.1, 0.15) is 25.0 Å². The first-order valence-electron chi connectivity index (χ1n) is 16.7. The average molecular weight is 613 g/mol. The minimum atomic E-state index is -0.146. The van der Waals surface area contributed by atoms with E-state index in [0.29, 0.717) is 0 Å². The summed E-state index contributed by atoms with van der Waals surface area (Å²) < 4.78 is 2.27. The molecule has 0 atom stereocenters. The molecule has 0 saturated heterocycles. The molecule has 0 saturated carbocycles. The van der Waals surface area contributed by atoms with E-state index in [9.17, 15) is 0 Å². The number of para-hydroxylation sites is 1. The summed E-state index contributed by atoms with van der Waals surface area (Å²) in [4.78, 5) is 5.21.